The molecule has 23 heavy (non-hydrogen) atoms. The van der Waals surface area contributed by atoms with Crippen LogP contribution in [0.5, 0.6) is 0 Å². The predicted octanol–water partition coefficient (Wildman–Crippen LogP) is 3.90. The van der Waals surface area contributed by atoms with E-state index in [2.05, 4.69) is 0 Å². The van der Waals surface area contributed by atoms with E-state index in [9.17, 15) is 14.3 Å². The molecule has 2 aliphatic heterocycles. The quantitative estimate of drug-likeness (QED) is 0.875. The first-order valence-electron chi connectivity index (χ1n) is 7.38. The molecule has 6 heteroatoms. The van der Waals surface area contributed by atoms with Crippen molar-refractivity contribution < 1.29 is 14.3 Å². The molecule has 0 saturated carbocycles. The van der Waals surface area contributed by atoms with E-state index in [1.54, 1.807) is 36.9 Å². The summed E-state index contributed by atoms with van der Waals surface area (Å²) in [7, 11) is 1.90. The van der Waals surface area contributed by atoms with E-state index in [0.717, 1.165) is 27.9 Å². The van der Waals surface area contributed by atoms with Gasteiger partial charge < -0.3 is 10.0 Å². The van der Waals surface area contributed by atoms with Crippen LogP contribution in [0.2, 0.25) is 0 Å². The maximum Gasteiger partial charge on any atom is 0.334 e. The van der Waals surface area contributed by atoms with Crippen LogP contribution in [0.15, 0.2) is 46.1 Å². The number of rotatable bonds is 2. The van der Waals surface area contributed by atoms with Crippen molar-refractivity contribution >= 4 is 29.5 Å². The molecule has 1 aromatic carbocycles. The van der Waals surface area contributed by atoms with Gasteiger partial charge in [-0.1, -0.05) is 18.2 Å². The van der Waals surface area contributed by atoms with Crippen molar-refractivity contribution in [3.05, 3.63) is 57.5 Å². The Morgan fingerprint density at radius 1 is 1.35 bits per heavy atom. The molecule has 0 amide bonds. The second-order valence-corrected chi connectivity index (χ2v) is 7.77. The smallest absolute Gasteiger partial charge is 0.334 e. The van der Waals surface area contributed by atoms with E-state index in [1.165, 1.54) is 6.07 Å². The zero-order valence-corrected chi connectivity index (χ0v) is 14.6. The summed E-state index contributed by atoms with van der Waals surface area (Å²) in [5, 5.41) is 9.77. The van der Waals surface area contributed by atoms with Crippen molar-refractivity contribution in [1.29, 1.82) is 0 Å². The standard InChI is InChI=1S/C17H18FNO2S2/c1-10-14(17(20)21)15(11-5-3-4-6-12(11)18)16-13(19(10)2)9-22-7-8-23-16/h3-6,15H,7-9H2,1-2H3,(H,20,21). The van der Waals surface area contributed by atoms with Crippen LogP contribution in [0.25, 0.3) is 0 Å². The lowest BCUT2D eigenvalue weighted by molar-refractivity contribution is -0.133. The summed E-state index contributed by atoms with van der Waals surface area (Å²) in [6.45, 7) is 1.81. The van der Waals surface area contributed by atoms with Gasteiger partial charge in [0.2, 0.25) is 0 Å². The van der Waals surface area contributed by atoms with Crippen LogP contribution in [0.4, 0.5) is 4.39 Å². The summed E-state index contributed by atoms with van der Waals surface area (Å²) in [6.07, 6.45) is 0. The fourth-order valence-electron chi connectivity index (χ4n) is 3.05. The van der Waals surface area contributed by atoms with Crippen molar-refractivity contribution in [2.24, 2.45) is 0 Å². The summed E-state index contributed by atoms with van der Waals surface area (Å²) < 4.78 is 14.4. The third-order valence-electron chi connectivity index (χ3n) is 4.30. The fraction of sp³-hybridized carbons (Fsp3) is 0.353. The second kappa shape index (κ2) is 6.61. The van der Waals surface area contributed by atoms with Gasteiger partial charge in [0.25, 0.3) is 0 Å². The summed E-state index contributed by atoms with van der Waals surface area (Å²) in [5.41, 5.74) is 2.51. The molecule has 2 aliphatic rings. The normalized spacial score (nSPS) is 22.0. The number of thioether (sulfide) groups is 2. The van der Waals surface area contributed by atoms with Gasteiger partial charge in [0.15, 0.2) is 0 Å². The number of hydrogen-bond donors (Lipinski definition) is 1. The van der Waals surface area contributed by atoms with Crippen LogP contribution in [-0.2, 0) is 4.79 Å². The molecule has 1 N–H and O–H groups in total. The van der Waals surface area contributed by atoms with E-state index >= 15 is 0 Å². The Bertz CT molecular complexity index is 714. The number of halogens is 1. The molecular weight excluding hydrogens is 333 g/mol. The third kappa shape index (κ3) is 2.90. The van der Waals surface area contributed by atoms with E-state index < -0.39 is 11.9 Å². The number of aliphatic carboxylic acids is 1. The number of allylic oxidation sites excluding steroid dienone is 2. The van der Waals surface area contributed by atoms with Gasteiger partial charge in [0.05, 0.1) is 11.5 Å². The van der Waals surface area contributed by atoms with Gasteiger partial charge >= 0.3 is 5.97 Å². The number of nitrogens with zero attached hydrogens (tertiary/aromatic N) is 1. The summed E-state index contributed by atoms with van der Waals surface area (Å²) in [5.74, 6) is 0.896. The molecule has 1 unspecified atom stereocenters. The molecule has 1 atom stereocenters. The van der Waals surface area contributed by atoms with E-state index in [-0.39, 0.29) is 11.4 Å². The summed E-state index contributed by atoms with van der Waals surface area (Å²) in [6, 6.07) is 6.50. The molecule has 1 aromatic rings. The molecule has 0 aliphatic carbocycles. The van der Waals surface area contributed by atoms with Crippen LogP contribution >= 0.6 is 23.5 Å². The van der Waals surface area contributed by atoms with Crippen LogP contribution in [-0.4, -0.2) is 40.3 Å². The van der Waals surface area contributed by atoms with Gasteiger partial charge in [-0.2, -0.15) is 11.8 Å². The van der Waals surface area contributed by atoms with E-state index in [4.69, 9.17) is 0 Å². The Morgan fingerprint density at radius 2 is 2.09 bits per heavy atom. The molecule has 0 saturated heterocycles. The lowest BCUT2D eigenvalue weighted by atomic mass is 9.85. The molecule has 0 fully saturated rings. The third-order valence-corrected chi connectivity index (χ3v) is 6.72. The second-order valence-electron chi connectivity index (χ2n) is 5.53. The van der Waals surface area contributed by atoms with Gasteiger partial charge in [-0.15, -0.1) is 11.8 Å². The van der Waals surface area contributed by atoms with Crippen molar-refractivity contribution in [3.8, 4) is 0 Å². The summed E-state index contributed by atoms with van der Waals surface area (Å²) in [4.78, 5) is 14.9. The average Bonchev–Trinajstić information content (AvgIpc) is 2.77. The van der Waals surface area contributed by atoms with Crippen molar-refractivity contribution in [2.45, 2.75) is 12.8 Å². The largest absolute Gasteiger partial charge is 0.478 e. The zero-order chi connectivity index (χ0) is 16.6. The molecule has 2 heterocycles. The zero-order valence-electron chi connectivity index (χ0n) is 13.0. The number of hydrogen-bond acceptors (Lipinski definition) is 4. The first-order chi connectivity index (χ1) is 11.0. The molecule has 0 bridgehead atoms. The highest BCUT2D eigenvalue weighted by molar-refractivity contribution is 8.05. The van der Waals surface area contributed by atoms with Crippen molar-refractivity contribution in [3.63, 3.8) is 0 Å². The first-order valence-corrected chi connectivity index (χ1v) is 9.52. The number of carboxylic acid groups (broad SMARTS) is 1. The Morgan fingerprint density at radius 3 is 2.78 bits per heavy atom. The summed E-state index contributed by atoms with van der Waals surface area (Å²) >= 11 is 3.49. The topological polar surface area (TPSA) is 40.5 Å². The Kier molecular flexibility index (Phi) is 4.73. The number of carboxylic acids is 1. The number of carbonyl (C=O) groups is 1. The molecule has 3 rings (SSSR count). The molecular formula is C17H18FNO2S2. The Hall–Kier alpha value is -1.40. The predicted molar refractivity (Wildman–Crippen MR) is 94.0 cm³/mol. The Balaban J connectivity index is 2.23. The first kappa shape index (κ1) is 16.5. The van der Waals surface area contributed by atoms with Gasteiger partial charge in [0, 0.05) is 46.2 Å². The minimum atomic E-state index is -0.980. The monoisotopic (exact) mass is 351 g/mol. The highest BCUT2D eigenvalue weighted by Gasteiger charge is 2.38. The average molecular weight is 351 g/mol. The van der Waals surface area contributed by atoms with E-state index in [0.29, 0.717) is 11.3 Å². The number of benzene rings is 1. The maximum atomic E-state index is 14.4. The lowest BCUT2D eigenvalue weighted by Gasteiger charge is -2.36. The fourth-order valence-corrected chi connectivity index (χ4v) is 5.64. The highest BCUT2D eigenvalue weighted by atomic mass is 32.2. The molecule has 3 nitrogen and oxygen atoms in total. The maximum absolute atomic E-state index is 14.4. The van der Waals surface area contributed by atoms with Crippen LogP contribution in [0.1, 0.15) is 18.4 Å². The lowest BCUT2D eigenvalue weighted by Crippen LogP contribution is -2.30. The molecule has 122 valence electrons. The minimum absolute atomic E-state index is 0.274. The van der Waals surface area contributed by atoms with Crippen molar-refractivity contribution in [2.75, 3.05) is 24.3 Å². The van der Waals surface area contributed by atoms with E-state index in [1.807, 2.05) is 23.7 Å². The van der Waals surface area contributed by atoms with Crippen LogP contribution in [0, 0.1) is 5.82 Å². The molecule has 0 radical (unpaired) electrons. The minimum Gasteiger partial charge on any atom is -0.478 e. The van der Waals surface area contributed by atoms with Gasteiger partial charge in [0.1, 0.15) is 5.82 Å². The molecule has 0 aromatic heterocycles. The van der Waals surface area contributed by atoms with Crippen molar-refractivity contribution in [1.82, 2.24) is 4.90 Å². The van der Waals surface area contributed by atoms with Gasteiger partial charge in [-0.3, -0.25) is 0 Å². The van der Waals surface area contributed by atoms with Crippen LogP contribution < -0.4 is 0 Å². The Labute approximate surface area is 143 Å². The SMILES string of the molecule is CC1=C(C(=O)O)C(c2ccccc2F)C2=C(CSCCS2)N1C. The molecule has 0 spiro atoms. The van der Waals surface area contributed by atoms with Gasteiger partial charge in [-0.25, -0.2) is 9.18 Å². The van der Waals surface area contributed by atoms with Gasteiger partial charge in [-0.05, 0) is 13.0 Å². The highest BCUT2D eigenvalue weighted by Crippen LogP contribution is 2.48. The van der Waals surface area contributed by atoms with Crippen LogP contribution in [0.3, 0.4) is 0 Å².